The molecular weight excluding hydrogens is 506 g/mol. The molecule has 0 aliphatic carbocycles. The van der Waals surface area contributed by atoms with Gasteiger partial charge in [0.05, 0.1) is 5.69 Å². The summed E-state index contributed by atoms with van der Waals surface area (Å²) in [6.07, 6.45) is -6.41. The van der Waals surface area contributed by atoms with Crippen molar-refractivity contribution in [3.63, 3.8) is 0 Å². The van der Waals surface area contributed by atoms with Gasteiger partial charge >= 0.3 is 24.3 Å². The number of aryl methyl sites for hydroxylation is 1. The predicted octanol–water partition coefficient (Wildman–Crippen LogP) is 4.74. The molecule has 192 valence electrons. The van der Waals surface area contributed by atoms with Crippen molar-refractivity contribution in [2.75, 3.05) is 7.05 Å². The summed E-state index contributed by atoms with van der Waals surface area (Å²) >= 11 is 1.69. The number of nitrogens with one attached hydrogen (secondary N) is 1. The van der Waals surface area contributed by atoms with Crippen LogP contribution in [0.15, 0.2) is 41.4 Å². The number of alkyl halides is 6. The fourth-order valence-corrected chi connectivity index (χ4v) is 2.97. The number of rotatable bonds is 5. The smallest absolute Gasteiger partial charge is 0.475 e. The first-order chi connectivity index (χ1) is 16.1. The highest BCUT2D eigenvalue weighted by Crippen LogP contribution is 2.21. The van der Waals surface area contributed by atoms with E-state index in [1.807, 2.05) is 12.4 Å². The van der Waals surface area contributed by atoms with Crippen LogP contribution in [0.1, 0.15) is 16.8 Å². The number of carboxylic acids is 2. The number of aromatic nitrogens is 3. The molecule has 3 aromatic heterocycles. The van der Waals surface area contributed by atoms with Gasteiger partial charge in [0.15, 0.2) is 0 Å². The predicted molar refractivity (Wildman–Crippen MR) is 113 cm³/mol. The van der Waals surface area contributed by atoms with E-state index in [-0.39, 0.29) is 0 Å². The average molecular weight is 526 g/mol. The molecular formula is C20H20F6N4O4S. The van der Waals surface area contributed by atoms with Crippen molar-refractivity contribution in [3.8, 4) is 11.3 Å². The Balaban J connectivity index is 0.000000362. The third-order valence-electron chi connectivity index (χ3n) is 3.95. The first-order valence-corrected chi connectivity index (χ1v) is 10.3. The van der Waals surface area contributed by atoms with Gasteiger partial charge in [-0.15, -0.1) is 0 Å². The van der Waals surface area contributed by atoms with Gasteiger partial charge in [0.1, 0.15) is 0 Å². The first kappa shape index (κ1) is 29.6. The molecule has 0 aliphatic heterocycles. The van der Waals surface area contributed by atoms with E-state index in [4.69, 9.17) is 19.8 Å². The maximum Gasteiger partial charge on any atom is 0.490 e. The van der Waals surface area contributed by atoms with E-state index >= 15 is 0 Å². The zero-order valence-corrected chi connectivity index (χ0v) is 19.0. The Hall–Kier alpha value is -3.46. The van der Waals surface area contributed by atoms with E-state index in [0.29, 0.717) is 0 Å². The second-order valence-electron chi connectivity index (χ2n) is 6.87. The molecule has 3 aromatic rings. The lowest BCUT2D eigenvalue weighted by Gasteiger charge is -2.16. The van der Waals surface area contributed by atoms with Crippen LogP contribution in [0.3, 0.4) is 0 Å². The van der Waals surface area contributed by atoms with E-state index in [2.05, 4.69) is 63.0 Å². The molecule has 35 heavy (non-hydrogen) atoms. The molecule has 0 aromatic carbocycles. The number of thiophene rings is 1. The highest BCUT2D eigenvalue weighted by molar-refractivity contribution is 7.08. The van der Waals surface area contributed by atoms with Gasteiger partial charge in [0, 0.05) is 42.1 Å². The molecule has 0 bridgehead atoms. The van der Waals surface area contributed by atoms with Crippen LogP contribution in [0.2, 0.25) is 0 Å². The molecule has 8 nitrogen and oxygen atoms in total. The number of nitrogens with zero attached hydrogens (tertiary/aromatic N) is 3. The number of pyridine rings is 1. The summed E-state index contributed by atoms with van der Waals surface area (Å²) < 4.78 is 63.5. The minimum Gasteiger partial charge on any atom is -0.475 e. The Morgan fingerprint density at radius 3 is 2.09 bits per heavy atom. The number of hydrogen-bond donors (Lipinski definition) is 3. The monoisotopic (exact) mass is 526 g/mol. The molecule has 0 fully saturated rings. The van der Waals surface area contributed by atoms with Crippen molar-refractivity contribution in [1.29, 1.82) is 0 Å². The minimum atomic E-state index is -5.08. The van der Waals surface area contributed by atoms with Crippen LogP contribution in [0, 0.1) is 6.92 Å². The summed E-state index contributed by atoms with van der Waals surface area (Å²) in [5, 5.41) is 25.9. The van der Waals surface area contributed by atoms with Crippen LogP contribution in [0.25, 0.3) is 11.3 Å². The van der Waals surface area contributed by atoms with Gasteiger partial charge in [-0.1, -0.05) is 0 Å². The van der Waals surface area contributed by atoms with Crippen molar-refractivity contribution in [1.82, 2.24) is 20.1 Å². The summed E-state index contributed by atoms with van der Waals surface area (Å²) in [6, 6.07) is 6.29. The normalized spacial score (nSPS) is 11.2. The van der Waals surface area contributed by atoms with E-state index in [0.717, 1.165) is 24.5 Å². The van der Waals surface area contributed by atoms with Gasteiger partial charge < -0.3 is 10.2 Å². The van der Waals surface area contributed by atoms with Gasteiger partial charge in [0.25, 0.3) is 0 Å². The topological polar surface area (TPSA) is 119 Å². The van der Waals surface area contributed by atoms with Crippen molar-refractivity contribution < 1.29 is 46.1 Å². The molecule has 0 spiro atoms. The number of carboxylic acid groups (broad SMARTS) is 2. The van der Waals surface area contributed by atoms with Gasteiger partial charge in [-0.05, 0) is 48.7 Å². The van der Waals surface area contributed by atoms with Crippen molar-refractivity contribution in [2.24, 2.45) is 0 Å². The summed E-state index contributed by atoms with van der Waals surface area (Å²) in [5.74, 6) is -5.51. The fraction of sp³-hybridized carbons (Fsp3) is 0.300. The van der Waals surface area contributed by atoms with Gasteiger partial charge in [-0.2, -0.15) is 42.8 Å². The lowest BCUT2D eigenvalue weighted by molar-refractivity contribution is -0.193. The number of halogens is 6. The largest absolute Gasteiger partial charge is 0.490 e. The van der Waals surface area contributed by atoms with Gasteiger partial charge in [0.2, 0.25) is 0 Å². The number of hydrogen-bond acceptors (Lipinski definition) is 6. The molecule has 0 atom stereocenters. The maximum absolute atomic E-state index is 10.6. The van der Waals surface area contributed by atoms with E-state index < -0.39 is 24.3 Å². The molecule has 3 rings (SSSR count). The highest BCUT2D eigenvalue weighted by atomic mass is 32.1. The lowest BCUT2D eigenvalue weighted by atomic mass is 10.1. The van der Waals surface area contributed by atoms with Crippen LogP contribution in [0.4, 0.5) is 26.3 Å². The molecule has 0 unspecified atom stereocenters. The van der Waals surface area contributed by atoms with E-state index in [1.54, 1.807) is 11.3 Å². The minimum absolute atomic E-state index is 0.846. The molecule has 0 saturated carbocycles. The first-order valence-electron chi connectivity index (χ1n) is 9.36. The Labute approximate surface area is 198 Å². The number of carbonyl (C=O) groups is 2. The second kappa shape index (κ2) is 12.9. The van der Waals surface area contributed by atoms with Crippen LogP contribution in [-0.2, 0) is 22.7 Å². The molecule has 3 heterocycles. The SMILES string of the molecule is Cc1cnccc1CN(C)Cc1cc(-c2ccsc2)n[nH]1.O=C(O)C(F)(F)F.O=C(O)C(F)(F)F. The van der Waals surface area contributed by atoms with Gasteiger partial charge in [-0.3, -0.25) is 15.0 Å². The van der Waals surface area contributed by atoms with Crippen LogP contribution in [-0.4, -0.2) is 61.6 Å². The molecule has 0 radical (unpaired) electrons. The quantitative estimate of drug-likeness (QED) is 0.411. The van der Waals surface area contributed by atoms with Crippen LogP contribution < -0.4 is 0 Å². The summed E-state index contributed by atoms with van der Waals surface area (Å²) in [4.78, 5) is 24.2. The summed E-state index contributed by atoms with van der Waals surface area (Å²) in [5.41, 5.74) is 5.86. The second-order valence-corrected chi connectivity index (χ2v) is 7.65. The van der Waals surface area contributed by atoms with Crippen LogP contribution in [0.5, 0.6) is 0 Å². The molecule has 0 aliphatic rings. The van der Waals surface area contributed by atoms with Crippen LogP contribution >= 0.6 is 11.3 Å². The molecule has 0 saturated heterocycles. The van der Waals surface area contributed by atoms with E-state index in [1.165, 1.54) is 16.7 Å². The molecule has 3 N–H and O–H groups in total. The molecule has 0 amide bonds. The molecule has 15 heteroatoms. The standard InChI is InChI=1S/C16H18N4S.2C2HF3O2/c1-12-8-17-5-3-13(12)9-20(2)10-15-7-16(19-18-15)14-4-6-21-11-14;2*3-2(4,5)1(6)7/h3-8,11H,9-10H2,1-2H3,(H,18,19);2*(H,6,7). The Morgan fingerprint density at radius 1 is 1.06 bits per heavy atom. The summed E-state index contributed by atoms with van der Waals surface area (Å²) in [7, 11) is 2.12. The van der Waals surface area contributed by atoms with E-state index in [9.17, 15) is 26.3 Å². The average Bonchev–Trinajstić information content (AvgIpc) is 3.41. The Bertz CT molecular complexity index is 1060. The highest BCUT2D eigenvalue weighted by Gasteiger charge is 2.38. The number of aliphatic carboxylic acids is 2. The Kier molecular flexibility index (Phi) is 10.9. The van der Waals surface area contributed by atoms with Gasteiger partial charge in [-0.25, -0.2) is 9.59 Å². The zero-order chi connectivity index (χ0) is 26.8. The third-order valence-corrected chi connectivity index (χ3v) is 4.63. The van der Waals surface area contributed by atoms with Crippen molar-refractivity contribution in [2.45, 2.75) is 32.4 Å². The third kappa shape index (κ3) is 11.0. The maximum atomic E-state index is 10.6. The lowest BCUT2D eigenvalue weighted by Crippen LogP contribution is -2.21. The fourth-order valence-electron chi connectivity index (χ4n) is 2.32. The Morgan fingerprint density at radius 2 is 1.63 bits per heavy atom. The number of H-pyrrole nitrogens is 1. The zero-order valence-electron chi connectivity index (χ0n) is 18.2. The van der Waals surface area contributed by atoms with Crippen molar-refractivity contribution in [3.05, 3.63) is 58.2 Å². The number of aromatic amines is 1. The summed E-state index contributed by atoms with van der Waals surface area (Å²) in [6.45, 7) is 3.85. The van der Waals surface area contributed by atoms with Crippen molar-refractivity contribution >= 4 is 23.3 Å².